The van der Waals surface area contributed by atoms with E-state index in [9.17, 15) is 9.59 Å². The summed E-state index contributed by atoms with van der Waals surface area (Å²) in [5.74, 6) is 1.64. The Morgan fingerprint density at radius 3 is 2.73 bits per heavy atom. The van der Waals surface area contributed by atoms with Gasteiger partial charge in [0, 0.05) is 55.0 Å². The summed E-state index contributed by atoms with van der Waals surface area (Å²) >= 11 is 3.59. The maximum absolute atomic E-state index is 13.2. The van der Waals surface area contributed by atoms with E-state index in [0.717, 1.165) is 64.0 Å². The number of hydrogen-bond donors (Lipinski definition) is 1. The molecule has 1 N–H and O–H groups in total. The molecule has 1 atom stereocenters. The average molecular weight is 558 g/mol. The quantitative estimate of drug-likeness (QED) is 0.295. The average Bonchev–Trinajstić information content (AvgIpc) is 3.48. The molecular weight excluding hydrogens is 530 g/mol. The molecule has 0 aliphatic heterocycles. The van der Waals surface area contributed by atoms with Crippen LogP contribution in [-0.4, -0.2) is 31.1 Å². The lowest BCUT2D eigenvalue weighted by atomic mass is 9.77. The number of nitrogens with zero attached hydrogens (tertiary/aromatic N) is 4. The number of carbonyl (C=O) groups excluding carboxylic acids is 2. The third-order valence-corrected chi connectivity index (χ3v) is 8.37. The first-order valence-corrected chi connectivity index (χ1v) is 13.7. The van der Waals surface area contributed by atoms with Gasteiger partial charge in [0.05, 0.1) is 16.6 Å². The van der Waals surface area contributed by atoms with E-state index in [4.69, 9.17) is 4.98 Å². The minimum absolute atomic E-state index is 0.0955. The number of pyridine rings is 1. The topological polar surface area (TPSA) is 89.2 Å². The molecule has 3 aromatic heterocycles. The monoisotopic (exact) mass is 557 g/mol. The highest BCUT2D eigenvalue weighted by atomic mass is 79.9. The smallest absolute Gasteiger partial charge is 0.171 e. The van der Waals surface area contributed by atoms with Crippen LogP contribution in [0.5, 0.6) is 0 Å². The summed E-state index contributed by atoms with van der Waals surface area (Å²) in [6.07, 6.45) is 10.2. The van der Waals surface area contributed by atoms with Gasteiger partial charge in [-0.25, -0.2) is 4.98 Å². The number of rotatable bonds is 7. The van der Waals surface area contributed by atoms with Crippen LogP contribution in [0.3, 0.4) is 0 Å². The molecular formula is C29H28BrN5O2. The summed E-state index contributed by atoms with van der Waals surface area (Å²) < 4.78 is 2.69. The molecule has 4 aromatic rings. The van der Waals surface area contributed by atoms with Crippen molar-refractivity contribution >= 4 is 39.0 Å². The van der Waals surface area contributed by atoms with Crippen molar-refractivity contribution in [2.75, 3.05) is 5.32 Å². The molecule has 7 nitrogen and oxygen atoms in total. The largest absolute Gasteiger partial charge is 0.366 e. The number of aromatic nitrogens is 4. The zero-order chi connectivity index (χ0) is 25.4. The molecule has 1 saturated carbocycles. The fourth-order valence-corrected chi connectivity index (χ4v) is 6.17. The second-order valence-electron chi connectivity index (χ2n) is 10.2. The molecule has 0 saturated heterocycles. The van der Waals surface area contributed by atoms with Crippen molar-refractivity contribution in [1.82, 2.24) is 19.6 Å². The van der Waals surface area contributed by atoms with E-state index < -0.39 is 0 Å². The number of fused-ring (bicyclic) bond motifs is 2. The molecule has 1 fully saturated rings. The number of Topliss-reactive ketones (excluding diaryl/α,β-unsaturated/α-hetero) is 2. The number of benzene rings is 1. The van der Waals surface area contributed by atoms with Crippen molar-refractivity contribution in [2.45, 2.75) is 56.9 Å². The Balaban J connectivity index is 1.13. The van der Waals surface area contributed by atoms with E-state index in [1.54, 1.807) is 12.4 Å². The van der Waals surface area contributed by atoms with Gasteiger partial charge in [0.1, 0.15) is 11.6 Å². The van der Waals surface area contributed by atoms with Gasteiger partial charge < -0.3 is 5.32 Å². The third-order valence-electron chi connectivity index (χ3n) is 7.81. The highest BCUT2D eigenvalue weighted by Gasteiger charge is 2.35. The highest BCUT2D eigenvalue weighted by Crippen LogP contribution is 2.40. The van der Waals surface area contributed by atoms with Crippen molar-refractivity contribution in [3.8, 4) is 0 Å². The van der Waals surface area contributed by atoms with E-state index in [1.807, 2.05) is 47.1 Å². The lowest BCUT2D eigenvalue weighted by molar-refractivity contribution is -0.121. The van der Waals surface area contributed by atoms with Crippen LogP contribution in [0.1, 0.15) is 77.5 Å². The summed E-state index contributed by atoms with van der Waals surface area (Å²) in [6.45, 7) is 0.644. The van der Waals surface area contributed by atoms with Crippen LogP contribution in [0.15, 0.2) is 65.5 Å². The van der Waals surface area contributed by atoms with Crippen molar-refractivity contribution in [1.29, 1.82) is 0 Å². The molecule has 2 aliphatic carbocycles. The van der Waals surface area contributed by atoms with Crippen molar-refractivity contribution in [3.05, 3.63) is 87.9 Å². The Morgan fingerprint density at radius 1 is 1.08 bits per heavy atom. The summed E-state index contributed by atoms with van der Waals surface area (Å²) in [6, 6.07) is 13.7. The summed E-state index contributed by atoms with van der Waals surface area (Å²) in [7, 11) is 0. The van der Waals surface area contributed by atoms with Gasteiger partial charge in [-0.2, -0.15) is 9.61 Å². The second kappa shape index (κ2) is 10.2. The molecule has 0 bridgehead atoms. The molecule has 1 aromatic carbocycles. The standard InChI is InChI=1S/C29H28BrN5O2/c30-24-17-33-35-28(32-16-19-4-3-11-31-15-19)14-25(34-29(24)35)20-9-7-18(8-10-20)12-26(36)23-13-27(37)22-6-2-1-5-21(22)23/h1-6,11,14-15,17-18,20,23,32H,7-10,12-13,16H2. The summed E-state index contributed by atoms with van der Waals surface area (Å²) in [5, 5.41) is 7.99. The maximum atomic E-state index is 13.2. The molecule has 0 amide bonds. The molecule has 0 radical (unpaired) electrons. The second-order valence-corrected chi connectivity index (χ2v) is 11.0. The van der Waals surface area contributed by atoms with E-state index >= 15 is 0 Å². The van der Waals surface area contributed by atoms with E-state index in [0.29, 0.717) is 31.2 Å². The molecule has 2 aliphatic rings. The molecule has 3 heterocycles. The van der Waals surface area contributed by atoms with Crippen LogP contribution in [0.4, 0.5) is 5.82 Å². The normalized spacial score (nSPS) is 21.2. The molecule has 6 rings (SSSR count). The molecule has 8 heteroatoms. The van der Waals surface area contributed by atoms with Crippen LogP contribution >= 0.6 is 15.9 Å². The fourth-order valence-electron chi connectivity index (χ4n) is 5.82. The van der Waals surface area contributed by atoms with Gasteiger partial charge >= 0.3 is 0 Å². The van der Waals surface area contributed by atoms with Gasteiger partial charge in [-0.05, 0) is 64.7 Å². The Morgan fingerprint density at radius 2 is 1.92 bits per heavy atom. The van der Waals surface area contributed by atoms with Crippen LogP contribution in [-0.2, 0) is 11.3 Å². The minimum Gasteiger partial charge on any atom is -0.366 e. The number of carbonyl (C=O) groups is 2. The summed E-state index contributed by atoms with van der Waals surface area (Å²) in [5.41, 5.74) is 4.60. The third kappa shape index (κ3) is 4.82. The first-order valence-electron chi connectivity index (χ1n) is 12.9. The fraction of sp³-hybridized carbons (Fsp3) is 0.345. The van der Waals surface area contributed by atoms with Crippen LogP contribution in [0, 0.1) is 5.92 Å². The van der Waals surface area contributed by atoms with Gasteiger partial charge in [-0.15, -0.1) is 0 Å². The minimum atomic E-state index is -0.266. The Bertz CT molecular complexity index is 1460. The van der Waals surface area contributed by atoms with Gasteiger partial charge in [0.2, 0.25) is 0 Å². The predicted molar refractivity (Wildman–Crippen MR) is 145 cm³/mol. The van der Waals surface area contributed by atoms with Gasteiger partial charge in [0.25, 0.3) is 0 Å². The first-order chi connectivity index (χ1) is 18.1. The number of ketones is 2. The zero-order valence-corrected chi connectivity index (χ0v) is 22.0. The van der Waals surface area contributed by atoms with Crippen molar-refractivity contribution < 1.29 is 9.59 Å². The van der Waals surface area contributed by atoms with Crippen molar-refractivity contribution in [3.63, 3.8) is 0 Å². The van der Waals surface area contributed by atoms with Crippen molar-refractivity contribution in [2.24, 2.45) is 5.92 Å². The van der Waals surface area contributed by atoms with Gasteiger partial charge in [-0.1, -0.05) is 30.3 Å². The van der Waals surface area contributed by atoms with E-state index in [2.05, 4.69) is 37.4 Å². The van der Waals surface area contributed by atoms with Gasteiger partial charge in [-0.3, -0.25) is 14.6 Å². The Hall–Kier alpha value is -3.39. The number of halogens is 1. The van der Waals surface area contributed by atoms with Crippen LogP contribution < -0.4 is 5.32 Å². The van der Waals surface area contributed by atoms with Crippen LogP contribution in [0.2, 0.25) is 0 Å². The first kappa shape index (κ1) is 24.0. The highest BCUT2D eigenvalue weighted by molar-refractivity contribution is 9.10. The lowest BCUT2D eigenvalue weighted by Crippen LogP contribution is -2.20. The zero-order valence-electron chi connectivity index (χ0n) is 20.4. The number of nitrogens with one attached hydrogen (secondary N) is 1. The number of anilines is 1. The lowest BCUT2D eigenvalue weighted by Gasteiger charge is -2.29. The molecule has 0 spiro atoms. The maximum Gasteiger partial charge on any atom is 0.171 e. The predicted octanol–water partition coefficient (Wildman–Crippen LogP) is 6.10. The molecule has 37 heavy (non-hydrogen) atoms. The number of hydrogen-bond acceptors (Lipinski definition) is 6. The Kier molecular flexibility index (Phi) is 6.59. The Labute approximate surface area is 223 Å². The van der Waals surface area contributed by atoms with Crippen LogP contribution in [0.25, 0.3) is 5.65 Å². The molecule has 1 unspecified atom stereocenters. The summed E-state index contributed by atoms with van der Waals surface area (Å²) in [4.78, 5) is 34.7. The van der Waals surface area contributed by atoms with E-state index in [-0.39, 0.29) is 17.5 Å². The van der Waals surface area contributed by atoms with Gasteiger partial charge in [0.15, 0.2) is 11.4 Å². The van der Waals surface area contributed by atoms with E-state index in [1.165, 1.54) is 0 Å². The molecule has 188 valence electrons. The SMILES string of the molecule is O=C1CC(C(=O)CC2CCC(c3cc(NCc4cccnc4)n4ncc(Br)c4n3)CC2)c2ccccc21.